The Morgan fingerprint density at radius 3 is 2.85 bits per heavy atom. The van der Waals surface area contributed by atoms with E-state index in [0.717, 1.165) is 16.9 Å². The third kappa shape index (κ3) is 3.68. The molecule has 1 aromatic heterocycles. The predicted octanol–water partition coefficient (Wildman–Crippen LogP) is 2.83. The second-order valence-electron chi connectivity index (χ2n) is 5.24. The molecule has 1 amide bonds. The molecule has 0 spiro atoms. The second kappa shape index (κ2) is 5.88. The fourth-order valence-corrected chi connectivity index (χ4v) is 1.85. The number of nitrogens with one attached hydrogen (secondary N) is 2. The number of anilines is 1. The Hall–Kier alpha value is -2.14. The van der Waals surface area contributed by atoms with Crippen LogP contribution in [0, 0.1) is 0 Å². The summed E-state index contributed by atoms with van der Waals surface area (Å²) in [6.45, 7) is 3.77. The van der Waals surface area contributed by atoms with Crippen molar-refractivity contribution in [3.8, 4) is 11.3 Å². The van der Waals surface area contributed by atoms with E-state index in [0.29, 0.717) is 6.42 Å². The fraction of sp³-hybridized carbons (Fsp3) is 0.333. The Labute approximate surface area is 118 Å². The van der Waals surface area contributed by atoms with E-state index in [1.807, 2.05) is 44.2 Å². The summed E-state index contributed by atoms with van der Waals surface area (Å²) < 4.78 is 5.25. The normalized spacial score (nSPS) is 11.3. The van der Waals surface area contributed by atoms with Crippen LogP contribution in [0.4, 0.5) is 5.69 Å². The van der Waals surface area contributed by atoms with Crippen molar-refractivity contribution in [3.05, 3.63) is 36.5 Å². The Morgan fingerprint density at radius 1 is 1.40 bits per heavy atom. The maximum Gasteiger partial charge on any atom is 0.227 e. The van der Waals surface area contributed by atoms with Crippen LogP contribution >= 0.6 is 0 Å². The zero-order valence-corrected chi connectivity index (χ0v) is 11.9. The molecular formula is C15H19N3O2. The largest absolute Gasteiger partial charge is 0.378 e. The van der Waals surface area contributed by atoms with E-state index >= 15 is 0 Å². The third-order valence-electron chi connectivity index (χ3n) is 3.10. The van der Waals surface area contributed by atoms with E-state index in [1.165, 1.54) is 0 Å². The molecule has 2 aromatic rings. The van der Waals surface area contributed by atoms with Gasteiger partial charge in [-0.05, 0) is 32.0 Å². The highest BCUT2D eigenvalue weighted by Crippen LogP contribution is 2.21. The fourth-order valence-electron chi connectivity index (χ4n) is 1.85. The van der Waals surface area contributed by atoms with Gasteiger partial charge in [0.05, 0.1) is 17.7 Å². The first-order valence-corrected chi connectivity index (χ1v) is 6.45. The zero-order valence-electron chi connectivity index (χ0n) is 11.9. The van der Waals surface area contributed by atoms with E-state index in [-0.39, 0.29) is 5.91 Å². The molecule has 0 saturated carbocycles. The lowest BCUT2D eigenvalue weighted by molar-refractivity contribution is -0.121. The molecule has 0 bridgehead atoms. The molecule has 1 heterocycles. The predicted molar refractivity (Wildman–Crippen MR) is 78.4 cm³/mol. The lowest BCUT2D eigenvalue weighted by atomic mass is 10.0. The number of rotatable bonds is 5. The summed E-state index contributed by atoms with van der Waals surface area (Å²) in [5, 5.41) is 9.70. The lowest BCUT2D eigenvalue weighted by Crippen LogP contribution is -2.29. The van der Waals surface area contributed by atoms with Gasteiger partial charge in [0.15, 0.2) is 0 Å². The third-order valence-corrected chi connectivity index (χ3v) is 3.10. The molecule has 0 fully saturated rings. The molecule has 20 heavy (non-hydrogen) atoms. The number of amides is 1. The molecule has 0 aliphatic heterocycles. The van der Waals surface area contributed by atoms with E-state index in [2.05, 4.69) is 15.5 Å². The van der Waals surface area contributed by atoms with Gasteiger partial charge in [-0.15, -0.1) is 0 Å². The minimum absolute atomic E-state index is 0.0707. The number of aromatic amines is 1. The first-order valence-electron chi connectivity index (χ1n) is 6.45. The quantitative estimate of drug-likeness (QED) is 0.880. The van der Waals surface area contributed by atoms with Crippen LogP contribution in [0.3, 0.4) is 0 Å². The van der Waals surface area contributed by atoms with Crippen molar-refractivity contribution in [1.82, 2.24) is 10.2 Å². The van der Waals surface area contributed by atoms with Crippen LogP contribution in [-0.2, 0) is 9.53 Å². The van der Waals surface area contributed by atoms with E-state index in [4.69, 9.17) is 4.74 Å². The molecular weight excluding hydrogens is 254 g/mol. The van der Waals surface area contributed by atoms with Crippen molar-refractivity contribution >= 4 is 11.6 Å². The standard InChI is InChI=1S/C15H19N3O2/c1-15(2,20-3)10-14(19)17-12-6-4-5-11(9-12)13-7-8-16-18-13/h4-9H,10H2,1-3H3,(H,16,18)(H,17,19). The van der Waals surface area contributed by atoms with E-state index in [1.54, 1.807) is 13.3 Å². The van der Waals surface area contributed by atoms with Gasteiger partial charge < -0.3 is 10.1 Å². The molecule has 106 valence electrons. The number of aromatic nitrogens is 2. The van der Waals surface area contributed by atoms with Gasteiger partial charge in [-0.1, -0.05) is 12.1 Å². The van der Waals surface area contributed by atoms with Crippen LogP contribution in [0.5, 0.6) is 0 Å². The van der Waals surface area contributed by atoms with Crippen LogP contribution < -0.4 is 5.32 Å². The number of hydrogen-bond acceptors (Lipinski definition) is 3. The van der Waals surface area contributed by atoms with Gasteiger partial charge in [-0.3, -0.25) is 9.89 Å². The van der Waals surface area contributed by atoms with Crippen molar-refractivity contribution in [1.29, 1.82) is 0 Å². The number of carbonyl (C=O) groups excluding carboxylic acids is 1. The number of hydrogen-bond donors (Lipinski definition) is 2. The summed E-state index contributed by atoms with van der Waals surface area (Å²) in [4.78, 5) is 12.0. The Bertz CT molecular complexity index is 577. The second-order valence-corrected chi connectivity index (χ2v) is 5.24. The minimum atomic E-state index is -0.467. The number of benzene rings is 1. The average molecular weight is 273 g/mol. The smallest absolute Gasteiger partial charge is 0.227 e. The molecule has 0 aliphatic carbocycles. The SMILES string of the molecule is COC(C)(C)CC(=O)Nc1cccc(-c2ccn[nH]2)c1. The highest BCUT2D eigenvalue weighted by atomic mass is 16.5. The number of methoxy groups -OCH3 is 1. The molecule has 5 nitrogen and oxygen atoms in total. The highest BCUT2D eigenvalue weighted by molar-refractivity contribution is 5.92. The molecule has 0 saturated heterocycles. The van der Waals surface area contributed by atoms with Gasteiger partial charge in [-0.2, -0.15) is 5.10 Å². The Kier molecular flexibility index (Phi) is 4.20. The molecule has 0 aliphatic rings. The Morgan fingerprint density at radius 2 is 2.20 bits per heavy atom. The van der Waals surface area contributed by atoms with Gasteiger partial charge in [0, 0.05) is 24.6 Å². The number of ether oxygens (including phenoxy) is 1. The van der Waals surface area contributed by atoms with Crippen molar-refractivity contribution < 1.29 is 9.53 Å². The van der Waals surface area contributed by atoms with Gasteiger partial charge >= 0.3 is 0 Å². The van der Waals surface area contributed by atoms with Crippen molar-refractivity contribution in [2.75, 3.05) is 12.4 Å². The molecule has 0 atom stereocenters. The van der Waals surface area contributed by atoms with Crippen LogP contribution in [0.25, 0.3) is 11.3 Å². The maximum absolute atomic E-state index is 12.0. The maximum atomic E-state index is 12.0. The van der Waals surface area contributed by atoms with Crippen LogP contribution in [0.1, 0.15) is 20.3 Å². The molecule has 0 unspecified atom stereocenters. The molecule has 2 rings (SSSR count). The first kappa shape index (κ1) is 14.3. The summed E-state index contributed by atoms with van der Waals surface area (Å²) in [6.07, 6.45) is 2.00. The summed E-state index contributed by atoms with van der Waals surface area (Å²) in [6, 6.07) is 9.51. The van der Waals surface area contributed by atoms with Gasteiger partial charge in [-0.25, -0.2) is 0 Å². The molecule has 2 N–H and O–H groups in total. The van der Waals surface area contributed by atoms with Crippen molar-refractivity contribution in [2.24, 2.45) is 0 Å². The molecule has 5 heteroatoms. The van der Waals surface area contributed by atoms with Crippen molar-refractivity contribution in [3.63, 3.8) is 0 Å². The zero-order chi connectivity index (χ0) is 14.6. The monoisotopic (exact) mass is 273 g/mol. The minimum Gasteiger partial charge on any atom is -0.378 e. The van der Waals surface area contributed by atoms with Crippen LogP contribution in [0.2, 0.25) is 0 Å². The molecule has 1 aromatic carbocycles. The van der Waals surface area contributed by atoms with Crippen LogP contribution in [-0.4, -0.2) is 28.8 Å². The highest BCUT2D eigenvalue weighted by Gasteiger charge is 2.21. The topological polar surface area (TPSA) is 67.0 Å². The van der Waals surface area contributed by atoms with E-state index in [9.17, 15) is 4.79 Å². The first-order chi connectivity index (χ1) is 9.50. The van der Waals surface area contributed by atoms with Gasteiger partial charge in [0.25, 0.3) is 0 Å². The van der Waals surface area contributed by atoms with E-state index < -0.39 is 5.60 Å². The average Bonchev–Trinajstić information content (AvgIpc) is 2.92. The number of carbonyl (C=O) groups is 1. The summed E-state index contributed by atoms with van der Waals surface area (Å²) >= 11 is 0. The summed E-state index contributed by atoms with van der Waals surface area (Å²) in [7, 11) is 1.60. The van der Waals surface area contributed by atoms with Crippen molar-refractivity contribution in [2.45, 2.75) is 25.9 Å². The number of nitrogens with zero attached hydrogens (tertiary/aromatic N) is 1. The molecule has 0 radical (unpaired) electrons. The summed E-state index contributed by atoms with van der Waals surface area (Å²) in [5.41, 5.74) is 2.18. The van der Waals surface area contributed by atoms with Crippen LogP contribution in [0.15, 0.2) is 36.5 Å². The summed E-state index contributed by atoms with van der Waals surface area (Å²) in [5.74, 6) is -0.0707. The van der Waals surface area contributed by atoms with Gasteiger partial charge in [0.1, 0.15) is 0 Å². The van der Waals surface area contributed by atoms with Gasteiger partial charge in [0.2, 0.25) is 5.91 Å². The lowest BCUT2D eigenvalue weighted by Gasteiger charge is -2.22. The Balaban J connectivity index is 2.07. The number of H-pyrrole nitrogens is 1.